The van der Waals surface area contributed by atoms with Crippen molar-refractivity contribution < 1.29 is 9.90 Å². The Morgan fingerprint density at radius 2 is 2.46 bits per heavy atom. The molecular weight excluding hydrogens is 168 g/mol. The van der Waals surface area contributed by atoms with Crippen molar-refractivity contribution in [2.24, 2.45) is 5.92 Å². The Morgan fingerprint density at radius 3 is 3.08 bits per heavy atom. The average molecular weight is 186 g/mol. The highest BCUT2D eigenvalue weighted by atomic mass is 16.3. The molecule has 0 aromatic heterocycles. The van der Waals surface area contributed by atoms with Crippen molar-refractivity contribution in [2.75, 3.05) is 33.3 Å². The molecule has 1 unspecified atom stereocenters. The number of amides is 1. The topological polar surface area (TPSA) is 52.6 Å². The fourth-order valence-electron chi connectivity index (χ4n) is 1.70. The van der Waals surface area contributed by atoms with Crippen molar-refractivity contribution in [3.63, 3.8) is 0 Å². The second-order valence-electron chi connectivity index (χ2n) is 3.62. The van der Waals surface area contributed by atoms with Gasteiger partial charge in [0.05, 0.1) is 12.5 Å². The van der Waals surface area contributed by atoms with Crippen LogP contribution in [0.4, 0.5) is 0 Å². The third-order valence-electron chi connectivity index (χ3n) is 2.41. The second kappa shape index (κ2) is 5.19. The van der Waals surface area contributed by atoms with Crippen molar-refractivity contribution in [2.45, 2.75) is 12.8 Å². The lowest BCUT2D eigenvalue weighted by molar-refractivity contribution is -0.126. The van der Waals surface area contributed by atoms with E-state index in [4.69, 9.17) is 5.11 Å². The van der Waals surface area contributed by atoms with Gasteiger partial charge in [-0.2, -0.15) is 0 Å². The highest BCUT2D eigenvalue weighted by Gasteiger charge is 2.23. The molecule has 1 atom stereocenters. The van der Waals surface area contributed by atoms with Crippen LogP contribution in [0.2, 0.25) is 0 Å². The third kappa shape index (κ3) is 3.32. The molecule has 0 radical (unpaired) electrons. The number of nitrogens with one attached hydrogen (secondary N) is 1. The van der Waals surface area contributed by atoms with E-state index in [0.717, 1.165) is 25.9 Å². The minimum absolute atomic E-state index is 0.0221. The Hall–Kier alpha value is -0.610. The number of carbonyl (C=O) groups excluding carboxylic acids is 1. The van der Waals surface area contributed by atoms with E-state index in [1.165, 1.54) is 0 Å². The minimum Gasteiger partial charge on any atom is -0.395 e. The molecule has 1 fully saturated rings. The fourth-order valence-corrected chi connectivity index (χ4v) is 1.70. The van der Waals surface area contributed by atoms with Crippen molar-refractivity contribution in [1.29, 1.82) is 0 Å². The Bertz CT molecular complexity index is 173. The molecule has 1 rings (SSSR count). The molecule has 0 spiro atoms. The molecule has 1 amide bonds. The van der Waals surface area contributed by atoms with E-state index in [2.05, 4.69) is 10.2 Å². The predicted molar refractivity (Wildman–Crippen MR) is 50.3 cm³/mol. The van der Waals surface area contributed by atoms with Crippen molar-refractivity contribution >= 4 is 5.91 Å². The molecule has 4 heteroatoms. The Labute approximate surface area is 78.9 Å². The number of likely N-dealkylation sites (tertiary alicyclic amines) is 1. The number of piperidine rings is 1. The maximum Gasteiger partial charge on any atom is 0.224 e. The molecule has 0 aliphatic carbocycles. The van der Waals surface area contributed by atoms with Crippen LogP contribution in [0.1, 0.15) is 12.8 Å². The highest BCUT2D eigenvalue weighted by molar-refractivity contribution is 5.78. The minimum atomic E-state index is 0.0221. The number of aliphatic hydroxyl groups excluding tert-OH is 1. The van der Waals surface area contributed by atoms with Gasteiger partial charge < -0.3 is 15.3 Å². The molecule has 0 bridgehead atoms. The largest absolute Gasteiger partial charge is 0.395 e. The van der Waals surface area contributed by atoms with E-state index in [1.807, 2.05) is 7.05 Å². The summed E-state index contributed by atoms with van der Waals surface area (Å²) in [5.41, 5.74) is 0. The summed E-state index contributed by atoms with van der Waals surface area (Å²) in [4.78, 5) is 13.6. The van der Waals surface area contributed by atoms with Crippen molar-refractivity contribution in [3.8, 4) is 0 Å². The van der Waals surface area contributed by atoms with Crippen LogP contribution < -0.4 is 5.32 Å². The summed E-state index contributed by atoms with van der Waals surface area (Å²) in [6.45, 7) is 2.33. The molecular formula is C9H18N2O2. The number of nitrogens with zero attached hydrogens (tertiary/aromatic N) is 1. The molecule has 0 aromatic carbocycles. The molecule has 1 heterocycles. The smallest absolute Gasteiger partial charge is 0.224 e. The van der Waals surface area contributed by atoms with Crippen LogP contribution in [0, 0.1) is 5.92 Å². The van der Waals surface area contributed by atoms with Crippen LogP contribution >= 0.6 is 0 Å². The van der Waals surface area contributed by atoms with E-state index >= 15 is 0 Å². The van der Waals surface area contributed by atoms with E-state index in [-0.39, 0.29) is 18.4 Å². The monoisotopic (exact) mass is 186 g/mol. The first kappa shape index (κ1) is 10.5. The second-order valence-corrected chi connectivity index (χ2v) is 3.62. The normalized spacial score (nSPS) is 24.3. The molecule has 1 aliphatic heterocycles. The summed E-state index contributed by atoms with van der Waals surface area (Å²) in [6.07, 6.45) is 2.06. The Kier molecular flexibility index (Phi) is 4.18. The molecule has 0 aromatic rings. The van der Waals surface area contributed by atoms with Gasteiger partial charge in [-0.1, -0.05) is 0 Å². The van der Waals surface area contributed by atoms with Gasteiger partial charge in [0.15, 0.2) is 0 Å². The van der Waals surface area contributed by atoms with E-state index in [0.29, 0.717) is 6.54 Å². The lowest BCUT2D eigenvalue weighted by atomic mass is 9.98. The quantitative estimate of drug-likeness (QED) is 0.621. The van der Waals surface area contributed by atoms with Crippen LogP contribution in [-0.4, -0.2) is 49.2 Å². The molecule has 2 N–H and O–H groups in total. The summed E-state index contributed by atoms with van der Waals surface area (Å²) >= 11 is 0. The van der Waals surface area contributed by atoms with Gasteiger partial charge in [0.1, 0.15) is 0 Å². The van der Waals surface area contributed by atoms with Crippen LogP contribution in [0.5, 0.6) is 0 Å². The van der Waals surface area contributed by atoms with Gasteiger partial charge >= 0.3 is 0 Å². The molecule has 13 heavy (non-hydrogen) atoms. The molecule has 4 nitrogen and oxygen atoms in total. The van der Waals surface area contributed by atoms with Gasteiger partial charge in [-0.25, -0.2) is 0 Å². The van der Waals surface area contributed by atoms with Gasteiger partial charge in [-0.3, -0.25) is 4.79 Å². The number of aliphatic hydroxyl groups is 1. The predicted octanol–water partition coefficient (Wildman–Crippen LogP) is -0.563. The van der Waals surface area contributed by atoms with Crippen LogP contribution in [0.15, 0.2) is 0 Å². The van der Waals surface area contributed by atoms with Gasteiger partial charge in [0.2, 0.25) is 5.91 Å². The van der Waals surface area contributed by atoms with Gasteiger partial charge in [-0.05, 0) is 26.4 Å². The Balaban J connectivity index is 2.28. The first-order chi connectivity index (χ1) is 6.24. The van der Waals surface area contributed by atoms with Gasteiger partial charge in [-0.15, -0.1) is 0 Å². The number of carbonyl (C=O) groups is 1. The molecule has 1 aliphatic rings. The highest BCUT2D eigenvalue weighted by Crippen LogP contribution is 2.14. The van der Waals surface area contributed by atoms with Crippen LogP contribution in [-0.2, 0) is 4.79 Å². The van der Waals surface area contributed by atoms with Crippen LogP contribution in [0.3, 0.4) is 0 Å². The zero-order chi connectivity index (χ0) is 9.68. The van der Waals surface area contributed by atoms with Gasteiger partial charge in [0.25, 0.3) is 0 Å². The molecule has 0 saturated carbocycles. The molecule has 76 valence electrons. The van der Waals surface area contributed by atoms with Gasteiger partial charge in [0, 0.05) is 13.1 Å². The summed E-state index contributed by atoms with van der Waals surface area (Å²) in [7, 11) is 2.03. The first-order valence-corrected chi connectivity index (χ1v) is 4.81. The SMILES string of the molecule is CN1CCCC(C(=O)NCCO)C1. The lowest BCUT2D eigenvalue weighted by Crippen LogP contribution is -2.42. The Morgan fingerprint density at radius 1 is 1.69 bits per heavy atom. The number of rotatable bonds is 3. The average Bonchev–Trinajstić information content (AvgIpc) is 2.14. The number of hydrogen-bond acceptors (Lipinski definition) is 3. The molecule has 1 saturated heterocycles. The number of hydrogen-bond donors (Lipinski definition) is 2. The van der Waals surface area contributed by atoms with E-state index in [9.17, 15) is 4.79 Å². The lowest BCUT2D eigenvalue weighted by Gasteiger charge is -2.28. The van der Waals surface area contributed by atoms with E-state index in [1.54, 1.807) is 0 Å². The summed E-state index contributed by atoms with van der Waals surface area (Å²) in [5.74, 6) is 0.200. The summed E-state index contributed by atoms with van der Waals surface area (Å²) in [6, 6.07) is 0. The first-order valence-electron chi connectivity index (χ1n) is 4.81. The maximum absolute atomic E-state index is 11.5. The maximum atomic E-state index is 11.5. The third-order valence-corrected chi connectivity index (χ3v) is 2.41. The zero-order valence-electron chi connectivity index (χ0n) is 8.12. The van der Waals surface area contributed by atoms with Crippen LogP contribution in [0.25, 0.3) is 0 Å². The van der Waals surface area contributed by atoms with E-state index < -0.39 is 0 Å². The summed E-state index contributed by atoms with van der Waals surface area (Å²) < 4.78 is 0. The summed E-state index contributed by atoms with van der Waals surface area (Å²) in [5, 5.41) is 11.2. The van der Waals surface area contributed by atoms with Crippen molar-refractivity contribution in [1.82, 2.24) is 10.2 Å². The standard InChI is InChI=1S/C9H18N2O2/c1-11-5-2-3-8(7-11)9(13)10-4-6-12/h8,12H,2-7H2,1H3,(H,10,13). The fraction of sp³-hybridized carbons (Fsp3) is 0.889. The van der Waals surface area contributed by atoms with Crippen molar-refractivity contribution in [3.05, 3.63) is 0 Å². The zero-order valence-corrected chi connectivity index (χ0v) is 8.12.